The maximum atomic E-state index is 13.1. The third-order valence-electron chi connectivity index (χ3n) is 8.50. The normalized spacial score (nSPS) is 28.3. The molecule has 2 aromatic rings. The Labute approximate surface area is 201 Å². The summed E-state index contributed by atoms with van der Waals surface area (Å²) >= 11 is 0. The molecule has 6 nitrogen and oxygen atoms in total. The monoisotopic (exact) mass is 462 g/mol. The van der Waals surface area contributed by atoms with E-state index in [4.69, 9.17) is 14.2 Å². The van der Waals surface area contributed by atoms with E-state index in [2.05, 4.69) is 40.5 Å². The zero-order valence-corrected chi connectivity index (χ0v) is 19.9. The molecule has 7 rings (SSSR count). The zero-order chi connectivity index (χ0) is 23.1. The van der Waals surface area contributed by atoms with Crippen LogP contribution in [0.1, 0.15) is 49.3 Å². The van der Waals surface area contributed by atoms with Gasteiger partial charge in [-0.1, -0.05) is 24.3 Å². The molecule has 180 valence electrons. The number of hydrogen-bond donors (Lipinski definition) is 1. The second-order valence-corrected chi connectivity index (χ2v) is 10.5. The van der Waals surface area contributed by atoms with E-state index < -0.39 is 0 Å². The molecule has 2 aromatic carbocycles. The number of methoxy groups -OCH3 is 1. The van der Waals surface area contributed by atoms with Gasteiger partial charge in [0, 0.05) is 13.7 Å². The molecule has 2 bridgehead atoms. The lowest BCUT2D eigenvalue weighted by molar-refractivity contribution is -0.0347. The fourth-order valence-corrected chi connectivity index (χ4v) is 6.26. The van der Waals surface area contributed by atoms with Crippen molar-refractivity contribution in [2.75, 3.05) is 33.5 Å². The third-order valence-corrected chi connectivity index (χ3v) is 8.50. The Morgan fingerprint density at radius 1 is 1.06 bits per heavy atom. The van der Waals surface area contributed by atoms with Crippen LogP contribution in [0.4, 0.5) is 4.79 Å². The molecule has 3 aliphatic heterocycles. The van der Waals surface area contributed by atoms with Crippen molar-refractivity contribution in [2.45, 2.75) is 50.7 Å². The Morgan fingerprint density at radius 3 is 2.50 bits per heavy atom. The molecular formula is C28H34N2O4. The van der Waals surface area contributed by atoms with Crippen LogP contribution in [0.5, 0.6) is 5.75 Å². The number of benzene rings is 2. The second kappa shape index (κ2) is 8.90. The molecule has 1 unspecified atom stereocenters. The Kier molecular flexibility index (Phi) is 5.74. The first-order valence-corrected chi connectivity index (χ1v) is 12.7. The predicted molar refractivity (Wildman–Crippen MR) is 130 cm³/mol. The topological polar surface area (TPSA) is 60.0 Å². The Hall–Kier alpha value is -2.57. The summed E-state index contributed by atoms with van der Waals surface area (Å²) in [6.45, 7) is 3.42. The smallest absolute Gasteiger partial charge is 0.407 e. The molecular weight excluding hydrogens is 428 g/mol. The number of carbonyl (C=O) groups is 1. The van der Waals surface area contributed by atoms with E-state index in [9.17, 15) is 4.79 Å². The molecule has 4 fully saturated rings. The summed E-state index contributed by atoms with van der Waals surface area (Å²) in [7, 11) is 1.62. The van der Waals surface area contributed by atoms with E-state index in [1.54, 1.807) is 7.11 Å². The van der Waals surface area contributed by atoms with E-state index >= 15 is 0 Å². The summed E-state index contributed by atoms with van der Waals surface area (Å²) in [6.07, 6.45) is 6.64. The van der Waals surface area contributed by atoms with Crippen LogP contribution in [0, 0.1) is 11.3 Å². The molecule has 3 saturated heterocycles. The maximum Gasteiger partial charge on any atom is 0.407 e. The lowest BCUT2D eigenvalue weighted by atomic mass is 9.76. The van der Waals surface area contributed by atoms with Crippen LogP contribution < -0.4 is 10.1 Å². The second-order valence-electron chi connectivity index (χ2n) is 10.5. The van der Waals surface area contributed by atoms with Crippen LogP contribution in [0.15, 0.2) is 42.5 Å². The number of ether oxygens (including phenoxy) is 3. The summed E-state index contributed by atoms with van der Waals surface area (Å²) in [5.74, 6) is 1.31. The minimum Gasteiger partial charge on any atom is -0.468 e. The minimum absolute atomic E-state index is 0.0223. The predicted octanol–water partition coefficient (Wildman–Crippen LogP) is 4.92. The van der Waals surface area contributed by atoms with Crippen LogP contribution in [0.2, 0.25) is 0 Å². The molecule has 2 aliphatic carbocycles. The van der Waals surface area contributed by atoms with Gasteiger partial charge in [0.05, 0.1) is 6.04 Å². The van der Waals surface area contributed by atoms with E-state index in [0.717, 1.165) is 62.2 Å². The fourth-order valence-electron chi connectivity index (χ4n) is 6.26. The molecule has 3 heterocycles. The highest BCUT2D eigenvalue weighted by atomic mass is 16.7. The largest absolute Gasteiger partial charge is 0.468 e. The number of aryl methyl sites for hydroxylation is 1. The number of carbonyl (C=O) groups excluding carboxylic acids is 1. The fraction of sp³-hybridized carbons (Fsp3) is 0.536. The average Bonchev–Trinajstić information content (AvgIpc) is 3.66. The van der Waals surface area contributed by atoms with Gasteiger partial charge >= 0.3 is 6.09 Å². The van der Waals surface area contributed by atoms with Crippen LogP contribution >= 0.6 is 0 Å². The first kappa shape index (κ1) is 21.9. The van der Waals surface area contributed by atoms with Crippen molar-refractivity contribution in [1.82, 2.24) is 10.2 Å². The lowest BCUT2D eigenvalue weighted by Gasteiger charge is -2.44. The van der Waals surface area contributed by atoms with Gasteiger partial charge in [-0.15, -0.1) is 0 Å². The molecule has 1 amide bonds. The molecule has 6 heteroatoms. The van der Waals surface area contributed by atoms with Gasteiger partial charge in [0.1, 0.15) is 11.9 Å². The lowest BCUT2D eigenvalue weighted by Crippen LogP contribution is -2.53. The van der Waals surface area contributed by atoms with Gasteiger partial charge in [-0.05, 0) is 103 Å². The molecule has 1 saturated carbocycles. The number of alkyl carbamates (subject to hydrolysis) is 1. The average molecular weight is 463 g/mol. The summed E-state index contributed by atoms with van der Waals surface area (Å²) in [6, 6.07) is 14.8. The van der Waals surface area contributed by atoms with Crippen molar-refractivity contribution < 1.29 is 19.0 Å². The standard InChI is InChI=1S/C28H34N2O4/c1-32-18-33-23-6-4-19(5-7-23)22-3-2-20-8-11-28(12-13-28)26(24(20)16-22)29-27(31)34-25-17-30-14-9-21(25)10-15-30/h2-7,16,21,25-26H,8-15,17-18H2,1H3,(H,29,31)/t25-,26?/m1/s1. The van der Waals surface area contributed by atoms with Crippen molar-refractivity contribution >= 4 is 6.09 Å². The highest BCUT2D eigenvalue weighted by molar-refractivity contribution is 5.70. The summed E-state index contributed by atoms with van der Waals surface area (Å²) in [4.78, 5) is 15.5. The van der Waals surface area contributed by atoms with Crippen LogP contribution in [0.25, 0.3) is 11.1 Å². The number of nitrogens with one attached hydrogen (secondary N) is 1. The van der Waals surface area contributed by atoms with Crippen molar-refractivity contribution in [3.63, 3.8) is 0 Å². The van der Waals surface area contributed by atoms with E-state index in [1.807, 2.05) is 12.1 Å². The number of nitrogens with zero attached hydrogens (tertiary/aromatic N) is 1. The van der Waals surface area contributed by atoms with Crippen molar-refractivity contribution in [2.24, 2.45) is 11.3 Å². The molecule has 0 aromatic heterocycles. The van der Waals surface area contributed by atoms with E-state index in [-0.39, 0.29) is 30.4 Å². The number of piperidine rings is 3. The molecule has 0 radical (unpaired) electrons. The molecule has 34 heavy (non-hydrogen) atoms. The van der Waals surface area contributed by atoms with Gasteiger partial charge in [0.2, 0.25) is 0 Å². The summed E-state index contributed by atoms with van der Waals surface area (Å²) in [5, 5.41) is 3.33. The van der Waals surface area contributed by atoms with Crippen molar-refractivity contribution in [3.05, 3.63) is 53.6 Å². The first-order valence-electron chi connectivity index (χ1n) is 12.7. The van der Waals surface area contributed by atoms with Gasteiger partial charge in [-0.25, -0.2) is 4.79 Å². The molecule has 1 N–H and O–H groups in total. The van der Waals surface area contributed by atoms with E-state index in [0.29, 0.717) is 5.92 Å². The van der Waals surface area contributed by atoms with Gasteiger partial charge in [0.25, 0.3) is 0 Å². The Bertz CT molecular complexity index is 1040. The highest BCUT2D eigenvalue weighted by Gasteiger charge is 2.53. The zero-order valence-electron chi connectivity index (χ0n) is 19.9. The summed E-state index contributed by atoms with van der Waals surface area (Å²) in [5.41, 5.74) is 5.09. The van der Waals surface area contributed by atoms with Gasteiger partial charge < -0.3 is 19.5 Å². The molecule has 2 atom stereocenters. The number of hydrogen-bond acceptors (Lipinski definition) is 5. The Morgan fingerprint density at radius 2 is 1.82 bits per heavy atom. The number of amides is 1. The first-order chi connectivity index (χ1) is 16.6. The maximum absolute atomic E-state index is 13.1. The molecule has 1 spiro atoms. The van der Waals surface area contributed by atoms with Crippen LogP contribution in [-0.4, -0.2) is 50.6 Å². The van der Waals surface area contributed by atoms with Crippen molar-refractivity contribution in [1.29, 1.82) is 0 Å². The SMILES string of the molecule is COCOc1ccc(-c2ccc3c(c2)C(NC(=O)O[C@@H]2CN4CCC2CC4)C2(CC3)CC2)cc1. The van der Waals surface area contributed by atoms with Gasteiger partial charge in [-0.3, -0.25) is 4.90 Å². The van der Waals surface area contributed by atoms with Gasteiger partial charge in [-0.2, -0.15) is 0 Å². The minimum atomic E-state index is -0.243. The Balaban J connectivity index is 1.21. The number of rotatable bonds is 6. The number of fused-ring (bicyclic) bond motifs is 4. The third kappa shape index (κ3) is 4.18. The molecule has 5 aliphatic rings. The quantitative estimate of drug-likeness (QED) is 0.617. The van der Waals surface area contributed by atoms with E-state index in [1.165, 1.54) is 24.0 Å². The van der Waals surface area contributed by atoms with Crippen molar-refractivity contribution in [3.8, 4) is 16.9 Å². The highest BCUT2D eigenvalue weighted by Crippen LogP contribution is 2.61. The summed E-state index contributed by atoms with van der Waals surface area (Å²) < 4.78 is 16.5. The van der Waals surface area contributed by atoms with Crippen LogP contribution in [-0.2, 0) is 15.9 Å². The van der Waals surface area contributed by atoms with Crippen LogP contribution in [0.3, 0.4) is 0 Å². The van der Waals surface area contributed by atoms with Gasteiger partial charge in [0.15, 0.2) is 6.79 Å².